The van der Waals surface area contributed by atoms with Crippen LogP contribution in [0.3, 0.4) is 0 Å². The van der Waals surface area contributed by atoms with Crippen molar-refractivity contribution in [3.63, 3.8) is 0 Å². The van der Waals surface area contributed by atoms with Gasteiger partial charge < -0.3 is 15.0 Å². The highest BCUT2D eigenvalue weighted by molar-refractivity contribution is 6.30. The van der Waals surface area contributed by atoms with E-state index in [0.29, 0.717) is 31.0 Å². The molecular formula is C18H19ClN2O3. The molecule has 1 fully saturated rings. The molecule has 1 amide bonds. The maximum Gasteiger partial charge on any atom is 0.260 e. The number of nitrogens with one attached hydrogen (secondary N) is 1. The molecule has 1 aromatic heterocycles. The number of aromatic nitrogens is 1. The van der Waals surface area contributed by atoms with Gasteiger partial charge in [-0.2, -0.15) is 0 Å². The second kappa shape index (κ2) is 7.20. The van der Waals surface area contributed by atoms with Crippen LogP contribution in [0.15, 0.2) is 47.4 Å². The molecule has 1 aliphatic rings. The molecule has 1 unspecified atom stereocenters. The van der Waals surface area contributed by atoms with Crippen molar-refractivity contribution >= 4 is 17.5 Å². The molecule has 3 rings (SSSR count). The third-order valence-electron chi connectivity index (χ3n) is 4.53. The molecule has 2 aromatic rings. The van der Waals surface area contributed by atoms with E-state index < -0.39 is 6.10 Å². The molecular weight excluding hydrogens is 328 g/mol. The molecule has 24 heavy (non-hydrogen) atoms. The number of piperidine rings is 1. The van der Waals surface area contributed by atoms with Crippen molar-refractivity contribution in [3.8, 4) is 0 Å². The number of halogens is 1. The summed E-state index contributed by atoms with van der Waals surface area (Å²) < 4.78 is 0. The van der Waals surface area contributed by atoms with Crippen LogP contribution in [-0.4, -0.2) is 34.0 Å². The third-order valence-corrected chi connectivity index (χ3v) is 4.79. The SMILES string of the molecule is O=C(c1ccc[nH]c1=O)N1CCC(C(O)c2ccc(Cl)cc2)CC1. The maximum atomic E-state index is 12.4. The van der Waals surface area contributed by atoms with Crippen LogP contribution in [0.1, 0.15) is 34.9 Å². The molecule has 1 aliphatic heterocycles. The zero-order chi connectivity index (χ0) is 17.1. The quantitative estimate of drug-likeness (QED) is 0.897. The maximum absolute atomic E-state index is 12.4. The van der Waals surface area contributed by atoms with Gasteiger partial charge in [0.05, 0.1) is 6.10 Å². The molecule has 0 saturated carbocycles. The Balaban J connectivity index is 1.63. The van der Waals surface area contributed by atoms with E-state index in [1.165, 1.54) is 12.3 Å². The summed E-state index contributed by atoms with van der Waals surface area (Å²) in [4.78, 5) is 28.4. The summed E-state index contributed by atoms with van der Waals surface area (Å²) >= 11 is 5.87. The lowest BCUT2D eigenvalue weighted by Gasteiger charge is -2.34. The van der Waals surface area contributed by atoms with Crippen LogP contribution >= 0.6 is 11.6 Å². The molecule has 1 atom stereocenters. The van der Waals surface area contributed by atoms with Crippen LogP contribution in [0.4, 0.5) is 0 Å². The number of benzene rings is 1. The smallest absolute Gasteiger partial charge is 0.260 e. The van der Waals surface area contributed by atoms with Crippen molar-refractivity contribution in [3.05, 3.63) is 69.1 Å². The van der Waals surface area contributed by atoms with Gasteiger partial charge in [-0.1, -0.05) is 23.7 Å². The molecule has 2 N–H and O–H groups in total. The van der Waals surface area contributed by atoms with E-state index in [1.54, 1.807) is 23.1 Å². The lowest BCUT2D eigenvalue weighted by Crippen LogP contribution is -2.41. The Labute approximate surface area is 144 Å². The van der Waals surface area contributed by atoms with Crippen LogP contribution in [0.2, 0.25) is 5.02 Å². The normalized spacial score (nSPS) is 16.8. The number of nitrogens with zero attached hydrogens (tertiary/aromatic N) is 1. The minimum absolute atomic E-state index is 0.0873. The molecule has 0 radical (unpaired) electrons. The number of H-pyrrole nitrogens is 1. The fourth-order valence-corrected chi connectivity index (χ4v) is 3.24. The van der Waals surface area contributed by atoms with Crippen LogP contribution in [0, 0.1) is 5.92 Å². The Morgan fingerprint density at radius 1 is 1.21 bits per heavy atom. The third kappa shape index (κ3) is 3.52. The second-order valence-corrected chi connectivity index (χ2v) is 6.48. The molecule has 126 valence electrons. The predicted molar refractivity (Wildman–Crippen MR) is 92.1 cm³/mol. The summed E-state index contributed by atoms with van der Waals surface area (Å²) in [6.07, 6.45) is 2.33. The summed E-state index contributed by atoms with van der Waals surface area (Å²) in [6, 6.07) is 10.4. The number of rotatable bonds is 3. The number of likely N-dealkylation sites (tertiary alicyclic amines) is 1. The number of carbonyl (C=O) groups is 1. The zero-order valence-corrected chi connectivity index (χ0v) is 13.9. The Hall–Kier alpha value is -2.11. The van der Waals surface area contributed by atoms with E-state index in [2.05, 4.69) is 4.98 Å². The van der Waals surface area contributed by atoms with Gasteiger partial charge in [-0.05, 0) is 48.6 Å². The Morgan fingerprint density at radius 2 is 1.88 bits per heavy atom. The van der Waals surface area contributed by atoms with Gasteiger partial charge in [0, 0.05) is 24.3 Å². The number of carbonyl (C=O) groups excluding carboxylic acids is 1. The van der Waals surface area contributed by atoms with Crippen LogP contribution in [0.5, 0.6) is 0 Å². The number of amides is 1. The fourth-order valence-electron chi connectivity index (χ4n) is 3.11. The molecule has 1 saturated heterocycles. The van der Waals surface area contributed by atoms with Gasteiger partial charge in [0.1, 0.15) is 5.56 Å². The van der Waals surface area contributed by atoms with Gasteiger partial charge in [0.2, 0.25) is 0 Å². The van der Waals surface area contributed by atoms with E-state index >= 15 is 0 Å². The summed E-state index contributed by atoms with van der Waals surface area (Å²) in [7, 11) is 0. The molecule has 2 heterocycles. The van der Waals surface area contributed by atoms with Crippen LogP contribution in [-0.2, 0) is 0 Å². The molecule has 0 bridgehead atoms. The van der Waals surface area contributed by atoms with E-state index in [9.17, 15) is 14.7 Å². The van der Waals surface area contributed by atoms with Gasteiger partial charge in [-0.3, -0.25) is 9.59 Å². The molecule has 5 nitrogen and oxygen atoms in total. The summed E-state index contributed by atoms with van der Waals surface area (Å²) in [5, 5.41) is 11.2. The van der Waals surface area contributed by atoms with Gasteiger partial charge in [-0.15, -0.1) is 0 Å². The highest BCUT2D eigenvalue weighted by Crippen LogP contribution is 2.31. The Kier molecular flexibility index (Phi) is 5.02. The fraction of sp³-hybridized carbons (Fsp3) is 0.333. The minimum atomic E-state index is -0.570. The van der Waals surface area contributed by atoms with Crippen LogP contribution < -0.4 is 5.56 Å². The highest BCUT2D eigenvalue weighted by atomic mass is 35.5. The van der Waals surface area contributed by atoms with Crippen molar-refractivity contribution in [2.24, 2.45) is 5.92 Å². The number of aromatic amines is 1. The van der Waals surface area contributed by atoms with Crippen molar-refractivity contribution in [2.75, 3.05) is 13.1 Å². The Morgan fingerprint density at radius 3 is 2.50 bits per heavy atom. The zero-order valence-electron chi connectivity index (χ0n) is 13.1. The lowest BCUT2D eigenvalue weighted by atomic mass is 9.87. The monoisotopic (exact) mass is 346 g/mol. The number of aliphatic hydroxyl groups excluding tert-OH is 1. The van der Waals surface area contributed by atoms with Crippen molar-refractivity contribution in [2.45, 2.75) is 18.9 Å². The van der Waals surface area contributed by atoms with Gasteiger partial charge in [0.25, 0.3) is 11.5 Å². The van der Waals surface area contributed by atoms with Gasteiger partial charge >= 0.3 is 0 Å². The standard InChI is InChI=1S/C18H19ClN2O3/c19-14-5-3-12(4-6-14)16(22)13-7-10-21(11-8-13)18(24)15-2-1-9-20-17(15)23/h1-6,9,13,16,22H,7-8,10-11H2,(H,20,23). The average Bonchev–Trinajstić information content (AvgIpc) is 2.62. The number of hydrogen-bond donors (Lipinski definition) is 2. The van der Waals surface area contributed by atoms with E-state index in [-0.39, 0.29) is 22.9 Å². The van der Waals surface area contributed by atoms with Crippen molar-refractivity contribution < 1.29 is 9.90 Å². The summed E-state index contributed by atoms with van der Waals surface area (Å²) in [5.74, 6) is -0.166. The topological polar surface area (TPSA) is 73.4 Å². The first kappa shape index (κ1) is 16.7. The summed E-state index contributed by atoms with van der Waals surface area (Å²) in [5.41, 5.74) is 0.628. The van der Waals surface area contributed by atoms with Crippen LogP contribution in [0.25, 0.3) is 0 Å². The molecule has 0 spiro atoms. The first-order valence-electron chi connectivity index (χ1n) is 7.97. The van der Waals surface area contributed by atoms with Crippen molar-refractivity contribution in [1.29, 1.82) is 0 Å². The van der Waals surface area contributed by atoms with Gasteiger partial charge in [0.15, 0.2) is 0 Å². The highest BCUT2D eigenvalue weighted by Gasteiger charge is 2.29. The largest absolute Gasteiger partial charge is 0.388 e. The van der Waals surface area contributed by atoms with Gasteiger partial charge in [-0.25, -0.2) is 0 Å². The van der Waals surface area contributed by atoms with E-state index in [1.807, 2.05) is 12.1 Å². The molecule has 1 aromatic carbocycles. The minimum Gasteiger partial charge on any atom is -0.388 e. The number of pyridine rings is 1. The Bertz CT molecular complexity index is 764. The number of aliphatic hydroxyl groups is 1. The first-order valence-corrected chi connectivity index (χ1v) is 8.34. The molecule has 6 heteroatoms. The van der Waals surface area contributed by atoms with E-state index in [0.717, 1.165) is 5.56 Å². The average molecular weight is 347 g/mol. The van der Waals surface area contributed by atoms with E-state index in [4.69, 9.17) is 11.6 Å². The second-order valence-electron chi connectivity index (χ2n) is 6.04. The van der Waals surface area contributed by atoms with Crippen molar-refractivity contribution in [1.82, 2.24) is 9.88 Å². The summed E-state index contributed by atoms with van der Waals surface area (Å²) in [6.45, 7) is 1.06. The molecule has 0 aliphatic carbocycles. The first-order chi connectivity index (χ1) is 11.6. The number of hydrogen-bond acceptors (Lipinski definition) is 3. The lowest BCUT2D eigenvalue weighted by molar-refractivity contribution is 0.0461. The predicted octanol–water partition coefficient (Wildman–Crippen LogP) is 2.61.